The monoisotopic (exact) mass is 456 g/mol. The Bertz CT molecular complexity index is 1110. The van der Waals surface area contributed by atoms with Crippen LogP contribution in [0.4, 0.5) is 4.39 Å². The van der Waals surface area contributed by atoms with Gasteiger partial charge in [0.1, 0.15) is 17.6 Å². The van der Waals surface area contributed by atoms with E-state index in [1.165, 1.54) is 19.2 Å². The van der Waals surface area contributed by atoms with Crippen LogP contribution in [0.2, 0.25) is 5.02 Å². The van der Waals surface area contributed by atoms with Gasteiger partial charge in [-0.15, -0.1) is 0 Å². The van der Waals surface area contributed by atoms with Gasteiger partial charge >= 0.3 is 5.97 Å². The van der Waals surface area contributed by atoms with Crippen molar-refractivity contribution in [3.63, 3.8) is 0 Å². The van der Waals surface area contributed by atoms with Gasteiger partial charge in [-0.3, -0.25) is 9.69 Å². The molecule has 166 valence electrons. The van der Waals surface area contributed by atoms with Crippen molar-refractivity contribution in [1.82, 2.24) is 9.80 Å². The number of rotatable bonds is 5. The Labute approximate surface area is 190 Å². The Morgan fingerprint density at radius 3 is 2.34 bits per heavy atom. The minimum Gasteiger partial charge on any atom is -0.468 e. The van der Waals surface area contributed by atoms with Crippen molar-refractivity contribution in [2.75, 3.05) is 33.3 Å². The number of carbonyl (C=O) groups is 2. The number of nitrogens with zero attached hydrogens (tertiary/aromatic N) is 2. The Morgan fingerprint density at radius 2 is 1.69 bits per heavy atom. The lowest BCUT2D eigenvalue weighted by molar-refractivity contribution is -0.148. The second-order valence-corrected chi connectivity index (χ2v) is 7.86. The average molecular weight is 457 g/mol. The summed E-state index contributed by atoms with van der Waals surface area (Å²) in [5.41, 5.74) is 1.37. The molecule has 1 saturated heterocycles. The van der Waals surface area contributed by atoms with Crippen molar-refractivity contribution in [2.45, 2.75) is 6.04 Å². The molecule has 0 unspecified atom stereocenters. The average Bonchev–Trinajstić information content (AvgIpc) is 3.30. The summed E-state index contributed by atoms with van der Waals surface area (Å²) in [5.74, 6) is -0.260. The number of methoxy groups -OCH3 is 1. The van der Waals surface area contributed by atoms with E-state index in [0.717, 1.165) is 5.56 Å². The van der Waals surface area contributed by atoms with Crippen molar-refractivity contribution in [3.8, 4) is 11.3 Å². The van der Waals surface area contributed by atoms with Crippen LogP contribution in [-0.2, 0) is 9.53 Å². The highest BCUT2D eigenvalue weighted by Crippen LogP contribution is 2.30. The molecule has 0 N–H and O–H groups in total. The van der Waals surface area contributed by atoms with Crippen LogP contribution in [0.1, 0.15) is 22.2 Å². The number of carbonyl (C=O) groups excluding carboxylic acids is 2. The highest BCUT2D eigenvalue weighted by Gasteiger charge is 2.33. The first kappa shape index (κ1) is 22.0. The van der Waals surface area contributed by atoms with Crippen molar-refractivity contribution >= 4 is 23.5 Å². The molecule has 8 heteroatoms. The molecule has 1 amide bonds. The van der Waals surface area contributed by atoms with Crippen LogP contribution in [-0.4, -0.2) is 55.0 Å². The lowest BCUT2D eigenvalue weighted by atomic mass is 10.0. The molecular weight excluding hydrogens is 435 g/mol. The highest BCUT2D eigenvalue weighted by atomic mass is 35.5. The smallest absolute Gasteiger partial charge is 0.327 e. The van der Waals surface area contributed by atoms with Gasteiger partial charge in [0.15, 0.2) is 5.76 Å². The molecule has 3 aromatic rings. The molecule has 1 atom stereocenters. The molecule has 6 nitrogen and oxygen atoms in total. The van der Waals surface area contributed by atoms with Gasteiger partial charge < -0.3 is 14.1 Å². The van der Waals surface area contributed by atoms with E-state index in [4.69, 9.17) is 20.8 Å². The number of hydrogen-bond donors (Lipinski definition) is 0. The number of piperazine rings is 1. The molecular formula is C24H22ClFN2O4. The molecule has 1 fully saturated rings. The van der Waals surface area contributed by atoms with Crippen LogP contribution in [0.3, 0.4) is 0 Å². The van der Waals surface area contributed by atoms with Crippen LogP contribution in [0.15, 0.2) is 65.1 Å². The van der Waals surface area contributed by atoms with Crippen LogP contribution in [0.5, 0.6) is 0 Å². The van der Waals surface area contributed by atoms with Crippen molar-refractivity contribution in [1.29, 1.82) is 0 Å². The third kappa shape index (κ3) is 4.54. The minimum absolute atomic E-state index is 0.223. The maximum Gasteiger partial charge on any atom is 0.327 e. The SMILES string of the molecule is COC(=O)[C@H](c1ccc(F)cc1)N1CCN(C(=O)c2ccc(-c3ccccc3Cl)o2)CC1. The van der Waals surface area contributed by atoms with Gasteiger partial charge in [0, 0.05) is 31.7 Å². The number of halogens is 2. The van der Waals surface area contributed by atoms with E-state index in [0.29, 0.717) is 42.5 Å². The Kier molecular flexibility index (Phi) is 6.58. The zero-order valence-electron chi connectivity index (χ0n) is 17.5. The lowest BCUT2D eigenvalue weighted by Gasteiger charge is -2.38. The van der Waals surface area contributed by atoms with Gasteiger partial charge in [-0.25, -0.2) is 9.18 Å². The van der Waals surface area contributed by atoms with E-state index < -0.39 is 12.0 Å². The van der Waals surface area contributed by atoms with Crippen LogP contribution in [0, 0.1) is 5.82 Å². The van der Waals surface area contributed by atoms with Gasteiger partial charge in [-0.2, -0.15) is 0 Å². The zero-order chi connectivity index (χ0) is 22.7. The summed E-state index contributed by atoms with van der Waals surface area (Å²) in [4.78, 5) is 29.0. The zero-order valence-corrected chi connectivity index (χ0v) is 18.2. The van der Waals surface area contributed by atoms with Crippen molar-refractivity contribution < 1.29 is 23.1 Å². The summed E-state index contributed by atoms with van der Waals surface area (Å²) >= 11 is 6.22. The molecule has 0 saturated carbocycles. The summed E-state index contributed by atoms with van der Waals surface area (Å²) in [6, 6.07) is 15.8. The third-order valence-electron chi connectivity index (χ3n) is 5.53. The fourth-order valence-corrected chi connectivity index (χ4v) is 4.08. The first-order chi connectivity index (χ1) is 15.5. The number of furan rings is 1. The summed E-state index contributed by atoms with van der Waals surface area (Å²) in [6.07, 6.45) is 0. The molecule has 2 heterocycles. The maximum atomic E-state index is 13.3. The highest BCUT2D eigenvalue weighted by molar-refractivity contribution is 6.33. The van der Waals surface area contributed by atoms with Crippen molar-refractivity contribution in [3.05, 3.63) is 82.8 Å². The molecule has 2 aromatic carbocycles. The fourth-order valence-electron chi connectivity index (χ4n) is 3.85. The Balaban J connectivity index is 1.45. The van der Waals surface area contributed by atoms with E-state index in [-0.39, 0.29) is 17.5 Å². The first-order valence-electron chi connectivity index (χ1n) is 10.2. The number of amides is 1. The van der Waals surface area contributed by atoms with Crippen LogP contribution in [0.25, 0.3) is 11.3 Å². The molecule has 4 rings (SSSR count). The number of benzene rings is 2. The van der Waals surface area contributed by atoms with Gasteiger partial charge in [-0.1, -0.05) is 35.9 Å². The standard InChI is InChI=1S/C24H22ClFN2O4/c1-31-24(30)22(16-6-8-17(26)9-7-16)27-12-14-28(15-13-27)23(29)21-11-10-20(32-21)18-4-2-3-5-19(18)25/h2-11,22H,12-15H2,1H3/t22-/m0/s1. The molecule has 1 aliphatic rings. The molecule has 1 aliphatic heterocycles. The first-order valence-corrected chi connectivity index (χ1v) is 10.6. The number of esters is 1. The number of ether oxygens (including phenoxy) is 1. The summed E-state index contributed by atoms with van der Waals surface area (Å²) in [7, 11) is 1.33. The molecule has 1 aromatic heterocycles. The van der Waals surface area contributed by atoms with E-state index in [1.54, 1.807) is 35.2 Å². The Morgan fingerprint density at radius 1 is 1.00 bits per heavy atom. The van der Waals surface area contributed by atoms with Crippen LogP contribution < -0.4 is 0 Å². The molecule has 32 heavy (non-hydrogen) atoms. The predicted molar refractivity (Wildman–Crippen MR) is 118 cm³/mol. The topological polar surface area (TPSA) is 63.0 Å². The quantitative estimate of drug-likeness (QED) is 0.532. The summed E-state index contributed by atoms with van der Waals surface area (Å²) < 4.78 is 24.1. The summed E-state index contributed by atoms with van der Waals surface area (Å²) in [5, 5.41) is 0.545. The van der Waals surface area contributed by atoms with Gasteiger partial charge in [0.2, 0.25) is 0 Å². The maximum absolute atomic E-state index is 13.3. The van der Waals surface area contributed by atoms with E-state index in [1.807, 2.05) is 23.1 Å². The van der Waals surface area contributed by atoms with E-state index in [2.05, 4.69) is 0 Å². The van der Waals surface area contributed by atoms with Crippen molar-refractivity contribution in [2.24, 2.45) is 0 Å². The predicted octanol–water partition coefficient (Wildman–Crippen LogP) is 4.41. The third-order valence-corrected chi connectivity index (χ3v) is 5.86. The summed E-state index contributed by atoms with van der Waals surface area (Å²) in [6.45, 7) is 1.74. The molecule has 0 bridgehead atoms. The second kappa shape index (κ2) is 9.54. The van der Waals surface area contributed by atoms with E-state index >= 15 is 0 Å². The van der Waals surface area contributed by atoms with Crippen LogP contribution >= 0.6 is 11.6 Å². The van der Waals surface area contributed by atoms with Gasteiger partial charge in [0.25, 0.3) is 5.91 Å². The van der Waals surface area contributed by atoms with Gasteiger partial charge in [-0.05, 0) is 42.0 Å². The fraction of sp³-hybridized carbons (Fsp3) is 0.250. The largest absolute Gasteiger partial charge is 0.468 e. The van der Waals surface area contributed by atoms with Gasteiger partial charge in [0.05, 0.1) is 12.1 Å². The molecule has 0 radical (unpaired) electrons. The minimum atomic E-state index is -0.659. The Hall–Kier alpha value is -3.16. The van der Waals surface area contributed by atoms with E-state index in [9.17, 15) is 14.0 Å². The molecule has 0 aliphatic carbocycles. The molecule has 0 spiro atoms. The number of hydrogen-bond acceptors (Lipinski definition) is 5. The second-order valence-electron chi connectivity index (χ2n) is 7.45. The lowest BCUT2D eigenvalue weighted by Crippen LogP contribution is -2.51. The normalized spacial score (nSPS) is 15.4.